The van der Waals surface area contributed by atoms with Gasteiger partial charge in [-0.3, -0.25) is 5.01 Å². The van der Waals surface area contributed by atoms with E-state index in [1.165, 1.54) is 82.3 Å². The van der Waals surface area contributed by atoms with E-state index in [0.717, 1.165) is 19.6 Å². The van der Waals surface area contributed by atoms with E-state index in [9.17, 15) is 0 Å². The maximum Gasteiger partial charge on any atom is 0.243 e. The zero-order valence-electron chi connectivity index (χ0n) is 22.0. The van der Waals surface area contributed by atoms with Gasteiger partial charge in [0.1, 0.15) is 12.4 Å². The molecular formula is C29H44N7+. The van der Waals surface area contributed by atoms with E-state index in [4.69, 9.17) is 0 Å². The highest BCUT2D eigenvalue weighted by Gasteiger charge is 2.13. The molecule has 1 aliphatic rings. The molecule has 0 unspecified atom stereocenters. The van der Waals surface area contributed by atoms with Crippen molar-refractivity contribution in [3.05, 3.63) is 79.5 Å². The molecule has 0 spiro atoms. The molecule has 0 saturated carbocycles. The van der Waals surface area contributed by atoms with Gasteiger partial charge in [0.15, 0.2) is 0 Å². The standard InChI is InChI=1S/C29H44N7/c1-32(29-11-5-4-6-12-29)31-25-28-13-20-33(21-14-28)16-7-2-3-8-18-35-23-24-36(27-35)19-10-9-17-34-22-15-30-26-34/h4-6,11-12,15,22-27,31H,2-3,7-10,13-14,16-21H2,1H3/q+1. The number of nitrogens with one attached hydrogen (secondary N) is 1. The summed E-state index contributed by atoms with van der Waals surface area (Å²) in [5, 5.41) is 2.08. The van der Waals surface area contributed by atoms with E-state index >= 15 is 0 Å². The Hall–Kier alpha value is -3.06. The van der Waals surface area contributed by atoms with Crippen LogP contribution in [0.2, 0.25) is 0 Å². The average molecular weight is 491 g/mol. The number of aromatic nitrogens is 4. The van der Waals surface area contributed by atoms with Crippen molar-refractivity contribution in [1.82, 2.24) is 24.4 Å². The highest BCUT2D eigenvalue weighted by atomic mass is 15.5. The summed E-state index contributed by atoms with van der Waals surface area (Å²) in [6, 6.07) is 10.4. The first-order valence-corrected chi connectivity index (χ1v) is 13.7. The normalized spacial score (nSPS) is 14.2. The van der Waals surface area contributed by atoms with E-state index in [-0.39, 0.29) is 0 Å². The summed E-state index contributed by atoms with van der Waals surface area (Å²) in [4.78, 5) is 6.74. The lowest BCUT2D eigenvalue weighted by Crippen LogP contribution is -2.34. The van der Waals surface area contributed by atoms with E-state index in [0.29, 0.717) is 0 Å². The van der Waals surface area contributed by atoms with E-state index in [2.05, 4.69) is 96.3 Å². The molecule has 4 rings (SSSR count). The maximum atomic E-state index is 4.10. The van der Waals surface area contributed by atoms with Gasteiger partial charge in [0.05, 0.1) is 25.1 Å². The molecule has 1 N–H and O–H groups in total. The van der Waals surface area contributed by atoms with Gasteiger partial charge in [-0.25, -0.2) is 14.1 Å². The number of unbranched alkanes of at least 4 members (excludes halogenated alkanes) is 4. The number of hydrogen-bond donors (Lipinski definition) is 1. The summed E-state index contributed by atoms with van der Waals surface area (Å²) in [6.07, 6.45) is 24.7. The second-order valence-electron chi connectivity index (χ2n) is 9.98. The molecule has 0 bridgehead atoms. The molecule has 0 amide bonds. The van der Waals surface area contributed by atoms with Crippen LogP contribution in [0.15, 0.2) is 79.5 Å². The predicted molar refractivity (Wildman–Crippen MR) is 146 cm³/mol. The predicted octanol–water partition coefficient (Wildman–Crippen LogP) is 4.63. The third kappa shape index (κ3) is 8.86. The Kier molecular flexibility index (Phi) is 10.5. The number of piperidine rings is 1. The van der Waals surface area contributed by atoms with E-state index in [1.54, 1.807) is 0 Å². The van der Waals surface area contributed by atoms with Crippen LogP contribution in [0, 0.1) is 0 Å². The first-order valence-electron chi connectivity index (χ1n) is 13.7. The third-order valence-electron chi connectivity index (χ3n) is 7.13. The van der Waals surface area contributed by atoms with Crippen molar-refractivity contribution in [2.75, 3.05) is 31.7 Å². The molecule has 3 heterocycles. The number of nitrogens with zero attached hydrogens (tertiary/aromatic N) is 6. The first kappa shape index (κ1) is 26.0. The molecule has 1 fully saturated rings. The van der Waals surface area contributed by atoms with Gasteiger partial charge in [0.2, 0.25) is 6.33 Å². The highest BCUT2D eigenvalue weighted by molar-refractivity contribution is 5.44. The van der Waals surface area contributed by atoms with Crippen LogP contribution in [0.3, 0.4) is 0 Å². The molecule has 1 saturated heterocycles. The molecule has 1 aliphatic heterocycles. The summed E-state index contributed by atoms with van der Waals surface area (Å²) >= 11 is 0. The lowest BCUT2D eigenvalue weighted by Gasteiger charge is -2.29. The third-order valence-corrected chi connectivity index (χ3v) is 7.13. The molecule has 2 aromatic heterocycles. The van der Waals surface area contributed by atoms with Crippen molar-refractivity contribution in [3.63, 3.8) is 0 Å². The van der Waals surface area contributed by atoms with Crippen molar-refractivity contribution in [3.8, 4) is 0 Å². The Bertz CT molecular complexity index is 999. The summed E-state index contributed by atoms with van der Waals surface area (Å²) in [7, 11) is 2.07. The molecule has 1 aromatic carbocycles. The fourth-order valence-electron chi connectivity index (χ4n) is 4.82. The number of rotatable bonds is 15. The summed E-state index contributed by atoms with van der Waals surface area (Å²) < 4.78 is 6.82. The quantitative estimate of drug-likeness (QED) is 0.192. The lowest BCUT2D eigenvalue weighted by atomic mass is 10.0. The van der Waals surface area contributed by atoms with Gasteiger partial charge in [-0.05, 0) is 63.6 Å². The Morgan fingerprint density at radius 3 is 2.44 bits per heavy atom. The number of imidazole rings is 2. The van der Waals surface area contributed by atoms with Crippen molar-refractivity contribution in [1.29, 1.82) is 0 Å². The van der Waals surface area contributed by atoms with Crippen LogP contribution in [-0.4, -0.2) is 45.7 Å². The molecule has 0 atom stereocenters. The van der Waals surface area contributed by atoms with Crippen molar-refractivity contribution in [2.45, 2.75) is 71.0 Å². The topological polar surface area (TPSA) is 45.1 Å². The van der Waals surface area contributed by atoms with E-state index < -0.39 is 0 Å². The van der Waals surface area contributed by atoms with Gasteiger partial charge in [0, 0.05) is 45.3 Å². The smallest absolute Gasteiger partial charge is 0.243 e. The number of aryl methyl sites for hydroxylation is 3. The SMILES string of the molecule is CN(NC=C1CCN(CCCCCC[n+]2ccn(CCCCn3ccnc3)c2)CC1)c1ccccc1. The zero-order chi connectivity index (χ0) is 24.8. The van der Waals surface area contributed by atoms with Crippen LogP contribution in [-0.2, 0) is 19.6 Å². The van der Waals surface area contributed by atoms with Crippen LogP contribution in [0.25, 0.3) is 0 Å². The average Bonchev–Trinajstić information content (AvgIpc) is 3.61. The van der Waals surface area contributed by atoms with Gasteiger partial charge in [-0.1, -0.05) is 30.2 Å². The van der Waals surface area contributed by atoms with Gasteiger partial charge in [-0.2, -0.15) is 0 Å². The molecule has 7 heteroatoms. The number of anilines is 1. The minimum atomic E-state index is 1.06. The van der Waals surface area contributed by atoms with Crippen LogP contribution in [0.5, 0.6) is 0 Å². The number of para-hydroxylation sites is 1. The highest BCUT2D eigenvalue weighted by Crippen LogP contribution is 2.17. The molecular weight excluding hydrogens is 446 g/mol. The molecule has 36 heavy (non-hydrogen) atoms. The number of benzene rings is 1. The zero-order valence-corrected chi connectivity index (χ0v) is 22.0. The van der Waals surface area contributed by atoms with Crippen molar-refractivity contribution < 1.29 is 4.57 Å². The fraction of sp³-hybridized carbons (Fsp3) is 0.517. The Morgan fingerprint density at radius 2 is 1.67 bits per heavy atom. The first-order chi connectivity index (χ1) is 17.8. The molecule has 3 aromatic rings. The monoisotopic (exact) mass is 490 g/mol. The van der Waals surface area contributed by atoms with Gasteiger partial charge < -0.3 is 14.9 Å². The van der Waals surface area contributed by atoms with Crippen LogP contribution in [0.1, 0.15) is 51.4 Å². The summed E-state index contributed by atoms with van der Waals surface area (Å²) in [6.45, 7) is 6.90. The Balaban J connectivity index is 1.00. The molecule has 0 aliphatic carbocycles. The lowest BCUT2D eigenvalue weighted by molar-refractivity contribution is -0.696. The van der Waals surface area contributed by atoms with Crippen molar-refractivity contribution in [2.24, 2.45) is 0 Å². The van der Waals surface area contributed by atoms with Gasteiger partial charge in [0.25, 0.3) is 0 Å². The van der Waals surface area contributed by atoms with E-state index in [1.807, 2.05) is 18.7 Å². The minimum absolute atomic E-state index is 1.06. The largest absolute Gasteiger partial charge is 0.337 e. The van der Waals surface area contributed by atoms with Gasteiger partial charge >= 0.3 is 0 Å². The van der Waals surface area contributed by atoms with Crippen LogP contribution < -0.4 is 15.0 Å². The van der Waals surface area contributed by atoms with Gasteiger partial charge in [-0.15, -0.1) is 0 Å². The Labute approximate surface area is 217 Å². The number of hydrogen-bond acceptors (Lipinski definition) is 4. The number of hydrazine groups is 1. The second-order valence-corrected chi connectivity index (χ2v) is 9.98. The van der Waals surface area contributed by atoms with Crippen LogP contribution in [0.4, 0.5) is 5.69 Å². The molecule has 194 valence electrons. The van der Waals surface area contributed by atoms with Crippen LogP contribution >= 0.6 is 0 Å². The molecule has 0 radical (unpaired) electrons. The Morgan fingerprint density at radius 1 is 0.917 bits per heavy atom. The molecule has 7 nitrogen and oxygen atoms in total. The summed E-state index contributed by atoms with van der Waals surface area (Å²) in [5.41, 5.74) is 6.13. The van der Waals surface area contributed by atoms with Crippen molar-refractivity contribution >= 4 is 5.69 Å². The second kappa shape index (κ2) is 14.5. The maximum absolute atomic E-state index is 4.10. The summed E-state index contributed by atoms with van der Waals surface area (Å²) in [5.74, 6) is 0. The minimum Gasteiger partial charge on any atom is -0.337 e. The number of likely N-dealkylation sites (tertiary alicyclic amines) is 1. The fourth-order valence-corrected chi connectivity index (χ4v) is 4.82.